The van der Waals surface area contributed by atoms with Crippen LogP contribution in [0.3, 0.4) is 0 Å². The van der Waals surface area contributed by atoms with E-state index in [1.807, 2.05) is 0 Å². The summed E-state index contributed by atoms with van der Waals surface area (Å²) in [6.45, 7) is 0.594. The van der Waals surface area contributed by atoms with Gasteiger partial charge in [0.05, 0.1) is 5.02 Å². The summed E-state index contributed by atoms with van der Waals surface area (Å²) in [5, 5.41) is 0.470. The predicted octanol–water partition coefficient (Wildman–Crippen LogP) is 3.09. The van der Waals surface area contributed by atoms with Crippen LogP contribution in [-0.2, 0) is 4.79 Å². The minimum atomic E-state index is 0.0300. The number of rotatable bonds is 2. The van der Waals surface area contributed by atoms with Gasteiger partial charge in [-0.25, -0.2) is 4.98 Å². The van der Waals surface area contributed by atoms with Crippen LogP contribution in [0.15, 0.2) is 16.7 Å². The van der Waals surface area contributed by atoms with E-state index in [0.29, 0.717) is 29.7 Å². The smallest absolute Gasteiger partial charge is 0.228 e. The van der Waals surface area contributed by atoms with Crippen molar-refractivity contribution in [3.63, 3.8) is 0 Å². The summed E-state index contributed by atoms with van der Waals surface area (Å²) in [6, 6.07) is 1.73. The molecule has 0 radical (unpaired) electrons. The highest BCUT2D eigenvalue weighted by atomic mass is 79.9. The lowest BCUT2D eigenvalue weighted by molar-refractivity contribution is -0.117. The van der Waals surface area contributed by atoms with Gasteiger partial charge in [0.15, 0.2) is 5.82 Å². The van der Waals surface area contributed by atoms with Gasteiger partial charge >= 0.3 is 0 Å². The number of halogens is 3. The van der Waals surface area contributed by atoms with Gasteiger partial charge in [-0.3, -0.25) is 9.69 Å². The normalized spacial score (nSPS) is 20.6. The van der Waals surface area contributed by atoms with Crippen molar-refractivity contribution in [3.05, 3.63) is 21.8 Å². The molecule has 2 heterocycles. The molecule has 2 rings (SSSR count). The van der Waals surface area contributed by atoms with E-state index in [2.05, 4.69) is 20.9 Å². The third-order valence-electron chi connectivity index (χ3n) is 2.47. The number of pyridine rings is 1. The van der Waals surface area contributed by atoms with Gasteiger partial charge in [-0.15, -0.1) is 11.6 Å². The van der Waals surface area contributed by atoms with E-state index in [9.17, 15) is 4.79 Å². The lowest BCUT2D eigenvalue weighted by Gasteiger charge is -2.16. The summed E-state index contributed by atoms with van der Waals surface area (Å²) >= 11 is 15.1. The van der Waals surface area contributed by atoms with E-state index < -0.39 is 0 Å². The molecule has 3 nitrogen and oxygen atoms in total. The number of hydrogen-bond donors (Lipinski definition) is 0. The Hall–Kier alpha value is -0.320. The topological polar surface area (TPSA) is 33.2 Å². The Morgan fingerprint density at radius 3 is 2.94 bits per heavy atom. The molecule has 1 aromatic heterocycles. The molecule has 1 aliphatic rings. The maximum atomic E-state index is 11.7. The molecule has 1 fully saturated rings. The first-order valence-corrected chi connectivity index (χ1v) is 6.49. The molecule has 1 amide bonds. The van der Waals surface area contributed by atoms with Crippen molar-refractivity contribution in [1.29, 1.82) is 0 Å². The van der Waals surface area contributed by atoms with Gasteiger partial charge < -0.3 is 0 Å². The average molecular weight is 324 g/mol. The highest BCUT2D eigenvalue weighted by Crippen LogP contribution is 2.31. The zero-order chi connectivity index (χ0) is 11.7. The number of nitrogens with zero attached hydrogens (tertiary/aromatic N) is 2. The fraction of sp³-hybridized carbons (Fsp3) is 0.400. The molecule has 1 aromatic rings. The second-order valence-electron chi connectivity index (χ2n) is 3.69. The molecule has 0 spiro atoms. The van der Waals surface area contributed by atoms with Crippen molar-refractivity contribution in [2.75, 3.05) is 17.3 Å². The number of anilines is 1. The minimum Gasteiger partial charge on any atom is -0.295 e. The van der Waals surface area contributed by atoms with Crippen molar-refractivity contribution in [2.24, 2.45) is 5.92 Å². The second kappa shape index (κ2) is 4.90. The molecule has 0 aromatic carbocycles. The zero-order valence-electron chi connectivity index (χ0n) is 8.29. The van der Waals surface area contributed by atoms with Crippen LogP contribution >= 0.6 is 39.1 Å². The predicted molar refractivity (Wildman–Crippen MR) is 68.1 cm³/mol. The molecule has 0 bridgehead atoms. The van der Waals surface area contributed by atoms with Gasteiger partial charge in [-0.1, -0.05) is 11.6 Å². The summed E-state index contributed by atoms with van der Waals surface area (Å²) in [7, 11) is 0. The van der Waals surface area contributed by atoms with Gasteiger partial charge in [0.25, 0.3) is 0 Å². The Balaban J connectivity index is 2.28. The molecule has 0 N–H and O–H groups in total. The van der Waals surface area contributed by atoms with Crippen LogP contribution in [0.1, 0.15) is 6.42 Å². The van der Waals surface area contributed by atoms with Crippen molar-refractivity contribution in [1.82, 2.24) is 4.98 Å². The maximum absolute atomic E-state index is 11.7. The Morgan fingerprint density at radius 1 is 1.62 bits per heavy atom. The van der Waals surface area contributed by atoms with E-state index in [1.165, 1.54) is 0 Å². The fourth-order valence-electron chi connectivity index (χ4n) is 1.70. The van der Waals surface area contributed by atoms with Crippen LogP contribution in [0.25, 0.3) is 0 Å². The van der Waals surface area contributed by atoms with Crippen molar-refractivity contribution in [3.8, 4) is 0 Å². The van der Waals surface area contributed by atoms with Gasteiger partial charge in [-0.05, 0) is 27.9 Å². The zero-order valence-corrected chi connectivity index (χ0v) is 11.4. The van der Waals surface area contributed by atoms with Gasteiger partial charge in [0, 0.05) is 29.5 Å². The SMILES string of the molecule is O=C1CC(CCl)CN1c1ncc(Br)cc1Cl. The highest BCUT2D eigenvalue weighted by molar-refractivity contribution is 9.10. The molecule has 86 valence electrons. The van der Waals surface area contributed by atoms with Crippen LogP contribution in [0.4, 0.5) is 5.82 Å². The molecule has 1 atom stereocenters. The monoisotopic (exact) mass is 322 g/mol. The molecule has 1 aliphatic heterocycles. The molecule has 16 heavy (non-hydrogen) atoms. The van der Waals surface area contributed by atoms with Crippen molar-refractivity contribution >= 4 is 50.9 Å². The summed E-state index contributed by atoms with van der Waals surface area (Å²) in [5.74, 6) is 1.22. The second-order valence-corrected chi connectivity index (χ2v) is 5.32. The molecular formula is C10H9BrCl2N2O. The number of alkyl halides is 1. The molecule has 0 aliphatic carbocycles. The third kappa shape index (κ3) is 2.34. The Kier molecular flexibility index (Phi) is 3.72. The van der Waals surface area contributed by atoms with E-state index in [1.54, 1.807) is 17.2 Å². The first-order valence-electron chi connectivity index (χ1n) is 4.79. The van der Waals surface area contributed by atoms with Crippen LogP contribution < -0.4 is 4.90 Å². The lowest BCUT2D eigenvalue weighted by atomic mass is 10.1. The largest absolute Gasteiger partial charge is 0.295 e. The van der Waals surface area contributed by atoms with Crippen molar-refractivity contribution in [2.45, 2.75) is 6.42 Å². The van der Waals surface area contributed by atoms with E-state index >= 15 is 0 Å². The molecule has 0 saturated carbocycles. The van der Waals surface area contributed by atoms with E-state index in [4.69, 9.17) is 23.2 Å². The fourth-order valence-corrected chi connectivity index (χ4v) is 2.63. The molecule has 1 unspecified atom stereocenters. The summed E-state index contributed by atoms with van der Waals surface area (Å²) in [4.78, 5) is 17.5. The summed E-state index contributed by atoms with van der Waals surface area (Å²) in [6.07, 6.45) is 2.10. The first kappa shape index (κ1) is 12.1. The minimum absolute atomic E-state index is 0.0300. The number of aromatic nitrogens is 1. The average Bonchev–Trinajstić information content (AvgIpc) is 2.60. The molecular weight excluding hydrogens is 315 g/mol. The quantitative estimate of drug-likeness (QED) is 0.784. The van der Waals surface area contributed by atoms with Gasteiger partial charge in [-0.2, -0.15) is 0 Å². The summed E-state index contributed by atoms with van der Waals surface area (Å²) in [5.41, 5.74) is 0. The van der Waals surface area contributed by atoms with E-state index in [0.717, 1.165) is 4.47 Å². The van der Waals surface area contributed by atoms with Crippen LogP contribution in [0, 0.1) is 5.92 Å². The Labute approximate surface area is 112 Å². The van der Waals surface area contributed by atoms with E-state index in [-0.39, 0.29) is 11.8 Å². The lowest BCUT2D eigenvalue weighted by Crippen LogP contribution is -2.26. The third-order valence-corrected chi connectivity index (χ3v) is 3.62. The van der Waals surface area contributed by atoms with Crippen molar-refractivity contribution < 1.29 is 4.79 Å². The number of carbonyl (C=O) groups excluding carboxylic acids is 1. The number of amides is 1. The van der Waals surface area contributed by atoms with Crippen LogP contribution in [-0.4, -0.2) is 23.3 Å². The Bertz CT molecular complexity index is 427. The van der Waals surface area contributed by atoms with Crippen LogP contribution in [0.5, 0.6) is 0 Å². The Morgan fingerprint density at radius 2 is 2.38 bits per heavy atom. The van der Waals surface area contributed by atoms with Crippen LogP contribution in [0.2, 0.25) is 5.02 Å². The molecule has 6 heteroatoms. The summed E-state index contributed by atoms with van der Waals surface area (Å²) < 4.78 is 0.793. The molecule has 1 saturated heterocycles. The van der Waals surface area contributed by atoms with Gasteiger partial charge in [0.1, 0.15) is 0 Å². The highest BCUT2D eigenvalue weighted by Gasteiger charge is 2.31. The number of hydrogen-bond acceptors (Lipinski definition) is 2. The first-order chi connectivity index (χ1) is 7.61. The van der Waals surface area contributed by atoms with Gasteiger partial charge in [0.2, 0.25) is 5.91 Å². The standard InChI is InChI=1S/C10H9BrCl2N2O/c11-7-2-8(13)10(14-4-7)15-5-6(3-12)1-9(15)16/h2,4,6H,1,3,5H2. The maximum Gasteiger partial charge on any atom is 0.228 e. The number of carbonyl (C=O) groups is 1.